The van der Waals surface area contributed by atoms with Gasteiger partial charge in [-0.2, -0.15) is 0 Å². The van der Waals surface area contributed by atoms with Crippen molar-refractivity contribution in [1.82, 2.24) is 0 Å². The van der Waals surface area contributed by atoms with E-state index in [9.17, 15) is 4.79 Å². The minimum atomic E-state index is -0.388. The molecule has 5 rings (SSSR count). The van der Waals surface area contributed by atoms with E-state index in [1.807, 2.05) is 31.2 Å². The summed E-state index contributed by atoms with van der Waals surface area (Å²) in [6, 6.07) is 12.7. The number of benzene rings is 2. The van der Waals surface area contributed by atoms with Crippen molar-refractivity contribution in [3.05, 3.63) is 53.6 Å². The van der Waals surface area contributed by atoms with E-state index in [4.69, 9.17) is 28.4 Å². The Bertz CT molecular complexity index is 1090. The molecular formula is C33H44O7. The number of rotatable bonds is 16. The molecule has 7 nitrogen and oxygen atoms in total. The van der Waals surface area contributed by atoms with Crippen molar-refractivity contribution in [2.75, 3.05) is 39.6 Å². The Balaban J connectivity index is 0.955. The van der Waals surface area contributed by atoms with Crippen LogP contribution in [0.1, 0.15) is 74.2 Å². The van der Waals surface area contributed by atoms with Crippen LogP contribution in [-0.2, 0) is 14.2 Å². The Hall–Kier alpha value is -2.61. The Morgan fingerprint density at radius 3 is 2.40 bits per heavy atom. The Morgan fingerprint density at radius 1 is 0.925 bits per heavy atom. The SMILES string of the molecule is CCC1(COCCCCCCOc2ccc(C(=O)Oc3ccc(OCC4CCC5OC5C4)cc3)cc2C)COC1. The third-order valence-corrected chi connectivity index (χ3v) is 8.46. The molecular weight excluding hydrogens is 508 g/mol. The van der Waals surface area contributed by atoms with Gasteiger partial charge in [0, 0.05) is 12.0 Å². The Morgan fingerprint density at radius 2 is 1.70 bits per heavy atom. The fourth-order valence-electron chi connectivity index (χ4n) is 5.47. The van der Waals surface area contributed by atoms with Crippen molar-refractivity contribution in [1.29, 1.82) is 0 Å². The standard InChI is InChI=1S/C33H44O7/c1-3-33(22-36-23-33)21-35-16-6-4-5-7-17-37-29-15-9-26(18-24(29)2)32(34)39-28-12-10-27(11-13-28)38-20-25-8-14-30-31(19-25)40-30/h9-13,15,18,25,30-31H,3-8,14,16-17,19-23H2,1-2H3. The van der Waals surface area contributed by atoms with Crippen LogP contribution in [0.4, 0.5) is 0 Å². The molecule has 40 heavy (non-hydrogen) atoms. The monoisotopic (exact) mass is 552 g/mol. The number of ether oxygens (including phenoxy) is 6. The summed E-state index contributed by atoms with van der Waals surface area (Å²) >= 11 is 0. The van der Waals surface area contributed by atoms with Crippen molar-refractivity contribution in [2.24, 2.45) is 11.3 Å². The smallest absolute Gasteiger partial charge is 0.343 e. The number of esters is 1. The summed E-state index contributed by atoms with van der Waals surface area (Å²) < 4.78 is 34.3. The van der Waals surface area contributed by atoms with Gasteiger partial charge in [-0.15, -0.1) is 0 Å². The number of carbonyl (C=O) groups excluding carboxylic acids is 1. The average Bonchev–Trinajstić information content (AvgIpc) is 3.73. The second-order valence-corrected chi connectivity index (χ2v) is 11.7. The largest absolute Gasteiger partial charge is 0.493 e. The topological polar surface area (TPSA) is 75.8 Å². The highest BCUT2D eigenvalue weighted by atomic mass is 16.6. The van der Waals surface area contributed by atoms with Crippen LogP contribution in [-0.4, -0.2) is 57.8 Å². The molecule has 2 heterocycles. The van der Waals surface area contributed by atoms with Crippen molar-refractivity contribution in [3.63, 3.8) is 0 Å². The molecule has 2 aromatic carbocycles. The molecule has 2 saturated heterocycles. The molecule has 1 aliphatic carbocycles. The highest BCUT2D eigenvalue weighted by molar-refractivity contribution is 5.91. The van der Waals surface area contributed by atoms with Crippen LogP contribution in [0.3, 0.4) is 0 Å². The van der Waals surface area contributed by atoms with Crippen molar-refractivity contribution in [3.8, 4) is 17.2 Å². The first-order chi connectivity index (χ1) is 19.5. The number of hydrogen-bond acceptors (Lipinski definition) is 7. The summed E-state index contributed by atoms with van der Waals surface area (Å²) in [4.78, 5) is 12.7. The van der Waals surface area contributed by atoms with Crippen LogP contribution < -0.4 is 14.2 Å². The fraction of sp³-hybridized carbons (Fsp3) is 0.606. The van der Waals surface area contributed by atoms with E-state index in [0.717, 1.165) is 94.9 Å². The zero-order valence-corrected chi connectivity index (χ0v) is 24.0. The molecule has 0 spiro atoms. The van der Waals surface area contributed by atoms with E-state index in [-0.39, 0.29) is 11.4 Å². The first kappa shape index (κ1) is 28.9. The van der Waals surface area contributed by atoms with Crippen molar-refractivity contribution in [2.45, 2.75) is 77.4 Å². The van der Waals surface area contributed by atoms with Crippen LogP contribution in [0.15, 0.2) is 42.5 Å². The molecule has 1 saturated carbocycles. The normalized spacial score (nSPS) is 22.6. The van der Waals surface area contributed by atoms with Crippen LogP contribution in [0.2, 0.25) is 0 Å². The Kier molecular flexibility index (Phi) is 10.00. The summed E-state index contributed by atoms with van der Waals surface area (Å²) in [6.07, 6.45) is 9.79. The average molecular weight is 553 g/mol. The number of epoxide rings is 1. The van der Waals surface area contributed by atoms with Gasteiger partial charge in [0.2, 0.25) is 0 Å². The van der Waals surface area contributed by atoms with Crippen LogP contribution >= 0.6 is 0 Å². The van der Waals surface area contributed by atoms with Gasteiger partial charge in [-0.3, -0.25) is 0 Å². The van der Waals surface area contributed by atoms with Gasteiger partial charge in [0.25, 0.3) is 0 Å². The maximum absolute atomic E-state index is 12.7. The minimum absolute atomic E-state index is 0.268. The summed E-state index contributed by atoms with van der Waals surface area (Å²) in [5, 5.41) is 0. The minimum Gasteiger partial charge on any atom is -0.493 e. The number of hydrogen-bond donors (Lipinski definition) is 0. The first-order valence-corrected chi connectivity index (χ1v) is 15.0. The van der Waals surface area contributed by atoms with Gasteiger partial charge >= 0.3 is 5.97 Å². The van der Waals surface area contributed by atoms with E-state index in [1.165, 1.54) is 0 Å². The maximum atomic E-state index is 12.7. The molecule has 3 fully saturated rings. The van der Waals surface area contributed by atoms with Crippen molar-refractivity contribution >= 4 is 5.97 Å². The molecule has 2 aromatic rings. The summed E-state index contributed by atoms with van der Waals surface area (Å²) in [6.45, 7) is 8.82. The van der Waals surface area contributed by atoms with Gasteiger partial charge in [0.1, 0.15) is 17.2 Å². The molecule has 0 aromatic heterocycles. The zero-order valence-electron chi connectivity index (χ0n) is 24.0. The molecule has 0 amide bonds. The number of unbranched alkanes of at least 4 members (excludes halogenated alkanes) is 3. The van der Waals surface area contributed by atoms with Gasteiger partial charge in [-0.1, -0.05) is 13.3 Å². The van der Waals surface area contributed by atoms with Crippen LogP contribution in [0, 0.1) is 18.3 Å². The van der Waals surface area contributed by atoms with E-state index >= 15 is 0 Å². The van der Waals surface area contributed by atoms with Gasteiger partial charge in [-0.25, -0.2) is 4.79 Å². The molecule has 7 heteroatoms. The molecule has 0 radical (unpaired) electrons. The number of aryl methyl sites for hydroxylation is 1. The van der Waals surface area contributed by atoms with Gasteiger partial charge in [-0.05, 0) is 106 Å². The molecule has 2 aliphatic heterocycles. The fourth-order valence-corrected chi connectivity index (χ4v) is 5.47. The molecule has 3 atom stereocenters. The molecule has 0 bridgehead atoms. The second kappa shape index (κ2) is 13.8. The molecule has 3 aliphatic rings. The highest BCUT2D eigenvalue weighted by Gasteiger charge is 2.43. The number of fused-ring (bicyclic) bond motifs is 1. The first-order valence-electron chi connectivity index (χ1n) is 15.0. The van der Waals surface area contributed by atoms with Crippen LogP contribution in [0.25, 0.3) is 0 Å². The predicted octanol–water partition coefficient (Wildman–Crippen LogP) is 6.54. The third-order valence-electron chi connectivity index (χ3n) is 8.46. The lowest BCUT2D eigenvalue weighted by Crippen LogP contribution is -2.45. The lowest BCUT2D eigenvalue weighted by atomic mass is 9.84. The lowest BCUT2D eigenvalue weighted by Gasteiger charge is -2.40. The molecule has 3 unspecified atom stereocenters. The lowest BCUT2D eigenvalue weighted by molar-refractivity contribution is -0.150. The Labute approximate surface area is 238 Å². The van der Waals surface area contributed by atoms with E-state index in [1.54, 1.807) is 18.2 Å². The molecule has 218 valence electrons. The second-order valence-electron chi connectivity index (χ2n) is 11.7. The van der Waals surface area contributed by atoms with E-state index < -0.39 is 0 Å². The predicted molar refractivity (Wildman–Crippen MR) is 152 cm³/mol. The summed E-state index contributed by atoms with van der Waals surface area (Å²) in [5.41, 5.74) is 1.69. The third kappa shape index (κ3) is 7.99. The summed E-state index contributed by atoms with van der Waals surface area (Å²) in [5.74, 6) is 2.24. The van der Waals surface area contributed by atoms with Gasteiger partial charge < -0.3 is 28.4 Å². The van der Waals surface area contributed by atoms with E-state index in [0.29, 0.717) is 42.7 Å². The van der Waals surface area contributed by atoms with Gasteiger partial charge in [0.15, 0.2) is 0 Å². The quantitative estimate of drug-likeness (QED) is 0.101. The van der Waals surface area contributed by atoms with E-state index in [2.05, 4.69) is 6.92 Å². The van der Waals surface area contributed by atoms with Gasteiger partial charge in [0.05, 0.1) is 50.8 Å². The van der Waals surface area contributed by atoms with Crippen molar-refractivity contribution < 1.29 is 33.2 Å². The maximum Gasteiger partial charge on any atom is 0.343 e. The van der Waals surface area contributed by atoms with Crippen LogP contribution in [0.5, 0.6) is 17.2 Å². The zero-order chi connectivity index (χ0) is 27.8. The molecule has 0 N–H and O–H groups in total. The number of carbonyl (C=O) groups is 1. The highest BCUT2D eigenvalue weighted by Crippen LogP contribution is 2.39. The summed E-state index contributed by atoms with van der Waals surface area (Å²) in [7, 11) is 0.